The molecule has 2 aromatic rings. The first-order valence-electron chi connectivity index (χ1n) is 9.15. The Bertz CT molecular complexity index is 806. The molecule has 0 bridgehead atoms. The van der Waals surface area contributed by atoms with Crippen LogP contribution in [-0.4, -0.2) is 34.2 Å². The molecule has 4 nitrogen and oxygen atoms in total. The number of likely N-dealkylation sites (tertiary alicyclic amines) is 1. The van der Waals surface area contributed by atoms with Crippen molar-refractivity contribution in [1.29, 1.82) is 0 Å². The molecule has 0 spiro atoms. The number of carbonyl (C=O) groups is 1. The van der Waals surface area contributed by atoms with Gasteiger partial charge in [-0.1, -0.05) is 22.0 Å². The predicted octanol–water partition coefficient (Wildman–Crippen LogP) is 5.99. The van der Waals surface area contributed by atoms with E-state index in [1.807, 2.05) is 37.8 Å². The fourth-order valence-corrected chi connectivity index (χ4v) is 4.12. The second kappa shape index (κ2) is 7.47. The van der Waals surface area contributed by atoms with Gasteiger partial charge < -0.3 is 14.6 Å². The Morgan fingerprint density at radius 3 is 2.92 bits per heavy atom. The molecule has 2 heterocycles. The Labute approximate surface area is 163 Å². The van der Waals surface area contributed by atoms with Gasteiger partial charge in [0.25, 0.3) is 0 Å². The summed E-state index contributed by atoms with van der Waals surface area (Å²) in [6, 6.07) is 6.44. The van der Waals surface area contributed by atoms with Gasteiger partial charge in [-0.25, -0.2) is 4.79 Å². The molecular weight excluding hydrogens is 392 g/mol. The van der Waals surface area contributed by atoms with Crippen molar-refractivity contribution in [2.45, 2.75) is 57.6 Å². The van der Waals surface area contributed by atoms with Crippen LogP contribution < -0.4 is 0 Å². The smallest absolute Gasteiger partial charge is 0.410 e. The van der Waals surface area contributed by atoms with Gasteiger partial charge in [-0.2, -0.15) is 0 Å². The fourth-order valence-electron chi connectivity index (χ4n) is 3.76. The van der Waals surface area contributed by atoms with Crippen molar-refractivity contribution in [1.82, 2.24) is 9.88 Å². The molecule has 26 heavy (non-hydrogen) atoms. The third-order valence-electron chi connectivity index (χ3n) is 4.90. The molecule has 3 rings (SSSR count). The van der Waals surface area contributed by atoms with Crippen LogP contribution in [0.3, 0.4) is 0 Å². The minimum atomic E-state index is -0.476. The van der Waals surface area contributed by atoms with E-state index < -0.39 is 5.60 Å². The number of H-pyrrole nitrogens is 1. The molecule has 1 aromatic carbocycles. The first kappa shape index (κ1) is 19.0. The maximum absolute atomic E-state index is 12.6. The number of carbonyl (C=O) groups excluding carboxylic acids is 1. The van der Waals surface area contributed by atoms with Crippen LogP contribution in [0.4, 0.5) is 4.79 Å². The highest BCUT2D eigenvalue weighted by atomic mass is 79.9. The Hall–Kier alpha value is -1.75. The first-order chi connectivity index (χ1) is 12.3. The Morgan fingerprint density at radius 1 is 1.46 bits per heavy atom. The molecule has 2 atom stereocenters. The second-order valence-corrected chi connectivity index (χ2v) is 8.92. The molecule has 1 aliphatic heterocycles. The van der Waals surface area contributed by atoms with Gasteiger partial charge in [0.05, 0.1) is 0 Å². The van der Waals surface area contributed by atoms with Crippen LogP contribution >= 0.6 is 15.9 Å². The number of hydrogen-bond donors (Lipinski definition) is 1. The summed E-state index contributed by atoms with van der Waals surface area (Å²) in [5, 5.41) is 1.26. The van der Waals surface area contributed by atoms with Crippen LogP contribution in [0.15, 0.2) is 41.5 Å². The number of amides is 1. The summed E-state index contributed by atoms with van der Waals surface area (Å²) in [4.78, 5) is 17.9. The molecule has 1 amide bonds. The number of halogens is 1. The molecule has 1 saturated heterocycles. The topological polar surface area (TPSA) is 45.3 Å². The van der Waals surface area contributed by atoms with Gasteiger partial charge in [-0.3, -0.25) is 0 Å². The predicted molar refractivity (Wildman–Crippen MR) is 110 cm³/mol. The molecule has 5 heteroatoms. The number of aromatic nitrogens is 1. The Morgan fingerprint density at radius 2 is 2.23 bits per heavy atom. The minimum Gasteiger partial charge on any atom is -0.444 e. The number of piperidine rings is 1. The number of ether oxygens (including phenoxy) is 1. The maximum atomic E-state index is 12.6. The lowest BCUT2D eigenvalue weighted by atomic mass is 9.84. The number of hydrogen-bond acceptors (Lipinski definition) is 2. The molecule has 1 aromatic heterocycles. The molecule has 140 valence electrons. The van der Waals surface area contributed by atoms with E-state index in [9.17, 15) is 4.79 Å². The van der Waals surface area contributed by atoms with E-state index in [1.54, 1.807) is 0 Å². The van der Waals surface area contributed by atoms with Gasteiger partial charge in [0.1, 0.15) is 5.60 Å². The van der Waals surface area contributed by atoms with E-state index in [2.05, 4.69) is 45.8 Å². The molecule has 0 radical (unpaired) electrons. The van der Waals surface area contributed by atoms with E-state index in [1.165, 1.54) is 10.9 Å². The van der Waals surface area contributed by atoms with Crippen LogP contribution in [-0.2, 0) is 4.74 Å². The quantitative estimate of drug-likeness (QED) is 0.621. The van der Waals surface area contributed by atoms with Gasteiger partial charge in [-0.05, 0) is 69.7 Å². The third kappa shape index (κ3) is 4.14. The molecule has 0 aliphatic carbocycles. The van der Waals surface area contributed by atoms with Crippen molar-refractivity contribution >= 4 is 32.9 Å². The summed E-state index contributed by atoms with van der Waals surface area (Å²) in [6.45, 7) is 10.3. The largest absolute Gasteiger partial charge is 0.444 e. The summed E-state index contributed by atoms with van der Waals surface area (Å²) in [5.74, 6) is 0.418. The fraction of sp³-hybridized carbons (Fsp3) is 0.476. The van der Waals surface area contributed by atoms with Crippen molar-refractivity contribution in [3.05, 3.63) is 47.1 Å². The molecule has 0 saturated carbocycles. The zero-order valence-electron chi connectivity index (χ0n) is 15.7. The molecule has 1 fully saturated rings. The average Bonchev–Trinajstić information content (AvgIpc) is 2.96. The van der Waals surface area contributed by atoms with Crippen molar-refractivity contribution in [2.75, 3.05) is 6.54 Å². The number of nitrogens with zero attached hydrogens (tertiary/aromatic N) is 1. The van der Waals surface area contributed by atoms with Crippen molar-refractivity contribution in [3.63, 3.8) is 0 Å². The van der Waals surface area contributed by atoms with Crippen LogP contribution in [0.2, 0.25) is 0 Å². The van der Waals surface area contributed by atoms with E-state index >= 15 is 0 Å². The summed E-state index contributed by atoms with van der Waals surface area (Å²) >= 11 is 3.57. The van der Waals surface area contributed by atoms with Crippen molar-refractivity contribution in [3.8, 4) is 0 Å². The number of rotatable bonds is 3. The minimum absolute atomic E-state index is 0.123. The average molecular weight is 419 g/mol. The molecular formula is C21H27BrN2O2. The van der Waals surface area contributed by atoms with Gasteiger partial charge in [0, 0.05) is 34.2 Å². The second-order valence-electron chi connectivity index (χ2n) is 8.01. The van der Waals surface area contributed by atoms with Gasteiger partial charge in [0.2, 0.25) is 0 Å². The summed E-state index contributed by atoms with van der Waals surface area (Å²) < 4.78 is 6.69. The van der Waals surface area contributed by atoms with Gasteiger partial charge in [-0.15, -0.1) is 6.58 Å². The van der Waals surface area contributed by atoms with E-state index in [4.69, 9.17) is 4.74 Å². The van der Waals surface area contributed by atoms with Gasteiger partial charge >= 0.3 is 6.09 Å². The van der Waals surface area contributed by atoms with Gasteiger partial charge in [0.15, 0.2) is 0 Å². The van der Waals surface area contributed by atoms with Crippen LogP contribution in [0.25, 0.3) is 10.9 Å². The van der Waals surface area contributed by atoms with E-state index in [0.29, 0.717) is 12.5 Å². The Balaban J connectivity index is 1.81. The highest BCUT2D eigenvalue weighted by molar-refractivity contribution is 9.10. The lowest BCUT2D eigenvalue weighted by Crippen LogP contribution is -2.47. The zero-order chi connectivity index (χ0) is 18.9. The van der Waals surface area contributed by atoms with Crippen molar-refractivity contribution in [2.24, 2.45) is 0 Å². The van der Waals surface area contributed by atoms with Crippen LogP contribution in [0, 0.1) is 0 Å². The molecule has 1 N–H and O–H groups in total. The Kier molecular flexibility index (Phi) is 5.47. The standard InChI is InChI=1S/C21H27BrN2O2/c1-5-6-16-11-14(9-10-24(16)20(25)26-21(2,3)4)18-13-23-19-8-7-15(22)12-17(18)19/h5,7-8,12-14,16,23H,1,6,9-11H2,2-4H3/t14-,16+/m1/s1. The molecule has 0 unspecified atom stereocenters. The van der Waals surface area contributed by atoms with Crippen LogP contribution in [0.1, 0.15) is 51.5 Å². The number of fused-ring (bicyclic) bond motifs is 1. The van der Waals surface area contributed by atoms with E-state index in [-0.39, 0.29) is 12.1 Å². The summed E-state index contributed by atoms with van der Waals surface area (Å²) in [5.41, 5.74) is 2.01. The SMILES string of the molecule is C=CC[C@H]1C[C@H](c2c[nH]c3ccc(Br)cc23)CCN1C(=O)OC(C)(C)C. The summed E-state index contributed by atoms with van der Waals surface area (Å²) in [7, 11) is 0. The van der Waals surface area contributed by atoms with Crippen LogP contribution in [0.5, 0.6) is 0 Å². The first-order valence-corrected chi connectivity index (χ1v) is 9.95. The normalized spacial score (nSPS) is 21.0. The third-order valence-corrected chi connectivity index (χ3v) is 5.39. The highest BCUT2D eigenvalue weighted by Gasteiger charge is 2.34. The van der Waals surface area contributed by atoms with E-state index in [0.717, 1.165) is 29.3 Å². The summed E-state index contributed by atoms with van der Waals surface area (Å²) in [6.07, 6.45) is 6.44. The highest BCUT2D eigenvalue weighted by Crippen LogP contribution is 2.37. The van der Waals surface area contributed by atoms with Crippen molar-refractivity contribution < 1.29 is 9.53 Å². The molecule has 1 aliphatic rings. The lowest BCUT2D eigenvalue weighted by Gasteiger charge is -2.39. The zero-order valence-corrected chi connectivity index (χ0v) is 17.3. The monoisotopic (exact) mass is 418 g/mol. The number of benzene rings is 1. The lowest BCUT2D eigenvalue weighted by molar-refractivity contribution is 0.00848. The number of aromatic amines is 1. The number of nitrogens with one attached hydrogen (secondary N) is 1. The maximum Gasteiger partial charge on any atom is 0.410 e.